The van der Waals surface area contributed by atoms with E-state index < -0.39 is 54.4 Å². The second kappa shape index (κ2) is 14.5. The van der Waals surface area contributed by atoms with Gasteiger partial charge in [0.2, 0.25) is 0 Å². The number of anilines is 3. The van der Waals surface area contributed by atoms with Crippen LogP contribution in [-0.4, -0.2) is 4.98 Å². The van der Waals surface area contributed by atoms with Gasteiger partial charge in [0.15, 0.2) is 0 Å². The second-order valence-corrected chi connectivity index (χ2v) is 15.8. The Bertz CT molecular complexity index is 4040. The Balaban J connectivity index is 1.05. The molecule has 0 aliphatic carbocycles. The molecule has 0 aliphatic rings. The zero-order valence-corrected chi connectivity index (χ0v) is 33.1. The summed E-state index contributed by atoms with van der Waals surface area (Å²) in [7, 11) is 0. The first-order chi connectivity index (χ1) is 34.0. The molecule has 61 heavy (non-hydrogen) atoms. The molecular weight excluding hydrogens is 761 g/mol. The third kappa shape index (κ3) is 6.07. The van der Waals surface area contributed by atoms with Crippen molar-refractivity contribution in [1.29, 1.82) is 0 Å². The van der Waals surface area contributed by atoms with E-state index in [4.69, 9.17) is 16.3 Å². The maximum Gasteiger partial charge on any atom is 0.143 e. The number of benzene rings is 10. The third-order valence-electron chi connectivity index (χ3n) is 11.3. The van der Waals surface area contributed by atoms with Crippen molar-refractivity contribution >= 4 is 82.1 Å². The molecule has 0 amide bonds. The largest absolute Gasteiger partial charge is 0.455 e. The molecule has 4 heteroatoms. The Morgan fingerprint density at radius 2 is 1.11 bits per heavy atom. The highest BCUT2D eigenvalue weighted by Gasteiger charge is 2.20. The highest BCUT2D eigenvalue weighted by molar-refractivity contribution is 7.21. The molecule has 0 N–H and O–H groups in total. The van der Waals surface area contributed by atoms with Gasteiger partial charge in [0.05, 0.1) is 22.6 Å². The van der Waals surface area contributed by atoms with Crippen LogP contribution in [0.1, 0.15) is 12.3 Å². The van der Waals surface area contributed by atoms with E-state index in [1.165, 1.54) is 4.90 Å². The molecule has 0 saturated carbocycles. The van der Waals surface area contributed by atoms with Gasteiger partial charge in [-0.15, -0.1) is 11.3 Å². The van der Waals surface area contributed by atoms with Crippen LogP contribution >= 0.6 is 11.3 Å². The smallest absolute Gasteiger partial charge is 0.143 e. The minimum Gasteiger partial charge on any atom is -0.455 e. The molecule has 12 rings (SSSR count). The van der Waals surface area contributed by atoms with Crippen molar-refractivity contribution in [2.75, 3.05) is 4.90 Å². The second-order valence-electron chi connectivity index (χ2n) is 14.8. The quantitative estimate of drug-likeness (QED) is 0.161. The van der Waals surface area contributed by atoms with Gasteiger partial charge in [-0.2, -0.15) is 0 Å². The third-order valence-corrected chi connectivity index (χ3v) is 12.3. The number of para-hydroxylation sites is 2. The van der Waals surface area contributed by atoms with Crippen LogP contribution in [0.25, 0.3) is 97.7 Å². The fourth-order valence-corrected chi connectivity index (χ4v) is 9.42. The van der Waals surface area contributed by atoms with Crippen molar-refractivity contribution in [3.8, 4) is 44.0 Å². The van der Waals surface area contributed by atoms with Crippen LogP contribution in [0.4, 0.5) is 17.1 Å². The SMILES string of the molecule is [2H]c1c([2H])c([2H])c(N(c2ccc(-c3ccccc3)cc2)c2c([2H])c([2H])c(-c3cc4ccccc4c4c3oc3ccc(-c5ccc(-c6nc7ccccc7s6)c6ccccc56)cc34)c([2H])c2[2H])c([2H])c1[2H]. The first-order valence-corrected chi connectivity index (χ1v) is 20.7. The summed E-state index contributed by atoms with van der Waals surface area (Å²) in [5, 5.41) is 6.32. The molecule has 12 aromatic rings. The predicted molar refractivity (Wildman–Crippen MR) is 258 cm³/mol. The van der Waals surface area contributed by atoms with Crippen LogP contribution in [-0.2, 0) is 0 Å². The maximum atomic E-state index is 9.69. The van der Waals surface area contributed by atoms with Gasteiger partial charge in [-0.3, -0.25) is 0 Å². The summed E-state index contributed by atoms with van der Waals surface area (Å²) < 4.78 is 90.1. The minimum atomic E-state index is -0.602. The molecule has 10 aromatic carbocycles. The lowest BCUT2D eigenvalue weighted by atomic mass is 9.93. The molecule has 0 fully saturated rings. The highest BCUT2D eigenvalue weighted by Crippen LogP contribution is 2.45. The topological polar surface area (TPSA) is 29.3 Å². The number of fused-ring (bicyclic) bond motifs is 7. The fourth-order valence-electron chi connectivity index (χ4n) is 8.42. The van der Waals surface area contributed by atoms with E-state index in [0.717, 1.165) is 75.4 Å². The molecular formula is C57H36N2OS. The Morgan fingerprint density at radius 1 is 0.459 bits per heavy atom. The van der Waals surface area contributed by atoms with E-state index in [9.17, 15) is 5.48 Å². The summed E-state index contributed by atoms with van der Waals surface area (Å²) in [6, 6.07) is 48.3. The summed E-state index contributed by atoms with van der Waals surface area (Å²) >= 11 is 1.67. The van der Waals surface area contributed by atoms with Crippen LogP contribution in [0.2, 0.25) is 0 Å². The number of hydrogen-bond donors (Lipinski definition) is 0. The van der Waals surface area contributed by atoms with Crippen LogP contribution in [0.3, 0.4) is 0 Å². The minimum absolute atomic E-state index is 0.00866. The van der Waals surface area contributed by atoms with Crippen molar-refractivity contribution in [3.63, 3.8) is 0 Å². The van der Waals surface area contributed by atoms with Crippen molar-refractivity contribution < 1.29 is 16.8 Å². The zero-order valence-electron chi connectivity index (χ0n) is 41.3. The Labute approximate surface area is 369 Å². The number of thiazole rings is 1. The van der Waals surface area contributed by atoms with E-state index in [2.05, 4.69) is 36.4 Å². The lowest BCUT2D eigenvalue weighted by Gasteiger charge is -2.26. The number of rotatable bonds is 7. The molecule has 0 spiro atoms. The standard InChI is InChI=1S/C57H36N2OS/c1-3-13-37(14-4-1)38-23-28-43(29-24-38)59(42-16-5-2-6-17-42)44-30-25-39(26-31-44)50-35-40-15-7-8-18-46(40)55-51-36-41(27-34-53(51)60-56(50)55)45-32-33-49(48-20-10-9-19-47(45)48)57-58-52-21-11-12-22-54(52)61-57/h1-36H/i2D,5D,6D,16D,17D,25D,26D,30D,31D. The number of hydrogen-bond acceptors (Lipinski definition) is 4. The maximum absolute atomic E-state index is 9.69. The zero-order chi connectivity index (χ0) is 48.1. The van der Waals surface area contributed by atoms with Crippen LogP contribution in [0.15, 0.2) is 223 Å². The first-order valence-electron chi connectivity index (χ1n) is 24.4. The van der Waals surface area contributed by atoms with Gasteiger partial charge in [0.1, 0.15) is 16.2 Å². The summed E-state index contributed by atoms with van der Waals surface area (Å²) in [5.74, 6) is 0. The molecule has 2 aromatic heterocycles. The van der Waals surface area contributed by atoms with Gasteiger partial charge < -0.3 is 9.32 Å². The van der Waals surface area contributed by atoms with Gasteiger partial charge in [-0.05, 0) is 116 Å². The number of nitrogens with zero attached hydrogens (tertiary/aromatic N) is 2. The molecule has 0 unspecified atom stereocenters. The van der Waals surface area contributed by atoms with Crippen LogP contribution in [0.5, 0.6) is 0 Å². The lowest BCUT2D eigenvalue weighted by molar-refractivity contribution is 0.670. The summed E-state index contributed by atoms with van der Waals surface area (Å²) in [6.07, 6.45) is 0. The molecule has 0 aliphatic heterocycles. The number of aromatic nitrogens is 1. The fraction of sp³-hybridized carbons (Fsp3) is 0. The van der Waals surface area contributed by atoms with Crippen molar-refractivity contribution in [3.05, 3.63) is 218 Å². The van der Waals surface area contributed by atoms with Gasteiger partial charge in [0, 0.05) is 39.0 Å². The predicted octanol–water partition coefficient (Wildman–Crippen LogP) is 16.6. The van der Waals surface area contributed by atoms with Gasteiger partial charge >= 0.3 is 0 Å². The average molecular weight is 806 g/mol. The van der Waals surface area contributed by atoms with Crippen molar-refractivity contribution in [2.24, 2.45) is 0 Å². The van der Waals surface area contributed by atoms with Crippen LogP contribution < -0.4 is 4.90 Å². The molecule has 2 heterocycles. The molecule has 286 valence electrons. The van der Waals surface area contributed by atoms with Gasteiger partial charge in [-0.25, -0.2) is 4.98 Å². The molecule has 0 saturated heterocycles. The first kappa shape index (κ1) is 27.1. The monoisotopic (exact) mass is 805 g/mol. The molecule has 0 bridgehead atoms. The number of furan rings is 1. The Morgan fingerprint density at radius 3 is 1.92 bits per heavy atom. The van der Waals surface area contributed by atoms with Crippen LogP contribution in [0, 0.1) is 0 Å². The summed E-state index contributed by atoms with van der Waals surface area (Å²) in [5.41, 5.74) is 6.72. The lowest BCUT2D eigenvalue weighted by Crippen LogP contribution is -2.09. The highest BCUT2D eigenvalue weighted by atomic mass is 32.1. The molecule has 0 radical (unpaired) electrons. The Kier molecular flexibility index (Phi) is 6.43. The molecule has 3 nitrogen and oxygen atoms in total. The van der Waals surface area contributed by atoms with E-state index >= 15 is 0 Å². The van der Waals surface area contributed by atoms with Gasteiger partial charge in [-0.1, -0.05) is 152 Å². The van der Waals surface area contributed by atoms with E-state index in [1.807, 2.05) is 103 Å². The summed E-state index contributed by atoms with van der Waals surface area (Å²) in [6.45, 7) is 0. The molecule has 0 atom stereocenters. The van der Waals surface area contributed by atoms with Crippen molar-refractivity contribution in [2.45, 2.75) is 0 Å². The normalized spacial score (nSPS) is 13.7. The van der Waals surface area contributed by atoms with E-state index in [0.29, 0.717) is 16.7 Å². The summed E-state index contributed by atoms with van der Waals surface area (Å²) in [4.78, 5) is 6.22. The van der Waals surface area contributed by atoms with Crippen molar-refractivity contribution in [1.82, 2.24) is 4.98 Å². The Hall–Kier alpha value is -7.79. The van der Waals surface area contributed by atoms with E-state index in [1.54, 1.807) is 35.6 Å². The average Bonchev–Trinajstić information content (AvgIpc) is 4.01. The van der Waals surface area contributed by atoms with E-state index in [-0.39, 0.29) is 22.6 Å². The van der Waals surface area contributed by atoms with Gasteiger partial charge in [0.25, 0.3) is 0 Å².